The Bertz CT molecular complexity index is 1140. The number of tetrazole rings is 1. The Morgan fingerprint density at radius 2 is 2.19 bits per heavy atom. The summed E-state index contributed by atoms with van der Waals surface area (Å²) in [5, 5.41) is 13.6. The number of pyridine rings is 1. The van der Waals surface area contributed by atoms with Crippen LogP contribution in [0.3, 0.4) is 0 Å². The number of aromatic nitrogens is 5. The molecule has 32 heavy (non-hydrogen) atoms. The maximum Gasteiger partial charge on any atom is 0.253 e. The average molecular weight is 439 g/mol. The van der Waals surface area contributed by atoms with E-state index in [0.717, 1.165) is 49.9 Å². The summed E-state index contributed by atoms with van der Waals surface area (Å²) in [6, 6.07) is 7.38. The number of likely N-dealkylation sites (tertiary alicyclic amines) is 1. The molecule has 2 aliphatic rings. The van der Waals surface area contributed by atoms with Crippen molar-refractivity contribution >= 4 is 10.9 Å². The third kappa shape index (κ3) is 4.14. The predicted octanol–water partition coefficient (Wildman–Crippen LogP) is 2.52. The van der Waals surface area contributed by atoms with Gasteiger partial charge < -0.3 is 14.5 Å². The lowest BCUT2D eigenvalue weighted by atomic mass is 9.95. The molecule has 1 aromatic carbocycles. The minimum atomic E-state index is -0.315. The van der Waals surface area contributed by atoms with Crippen molar-refractivity contribution in [2.45, 2.75) is 51.3 Å². The van der Waals surface area contributed by atoms with Crippen molar-refractivity contribution in [2.24, 2.45) is 5.92 Å². The molecule has 1 N–H and O–H groups in total. The monoisotopic (exact) mass is 438 g/mol. The first-order valence-electron chi connectivity index (χ1n) is 11.4. The van der Waals surface area contributed by atoms with Gasteiger partial charge in [0.25, 0.3) is 5.56 Å². The highest BCUT2D eigenvalue weighted by Gasteiger charge is 2.33. The molecule has 0 radical (unpaired) electrons. The first-order valence-corrected chi connectivity index (χ1v) is 11.4. The molecule has 9 heteroatoms. The summed E-state index contributed by atoms with van der Waals surface area (Å²) in [5.41, 5.74) is 1.30. The Balaban J connectivity index is 1.59. The zero-order chi connectivity index (χ0) is 22.1. The van der Waals surface area contributed by atoms with Gasteiger partial charge in [-0.05, 0) is 72.2 Å². The molecule has 3 atom stereocenters. The lowest BCUT2D eigenvalue weighted by molar-refractivity contribution is 0.0889. The van der Waals surface area contributed by atoms with Gasteiger partial charge in [-0.15, -0.1) is 5.10 Å². The van der Waals surface area contributed by atoms with Crippen LogP contribution in [-0.2, 0) is 11.3 Å². The van der Waals surface area contributed by atoms with Crippen LogP contribution in [0.4, 0.5) is 0 Å². The average Bonchev–Trinajstić information content (AvgIpc) is 3.47. The van der Waals surface area contributed by atoms with Crippen LogP contribution in [-0.4, -0.2) is 63.0 Å². The fourth-order valence-corrected chi connectivity index (χ4v) is 5.01. The van der Waals surface area contributed by atoms with E-state index >= 15 is 0 Å². The Labute approximate surface area is 186 Å². The third-order valence-corrected chi connectivity index (χ3v) is 6.63. The molecule has 9 nitrogen and oxygen atoms in total. The molecule has 0 spiro atoms. The number of ether oxygens (including phenoxy) is 2. The van der Waals surface area contributed by atoms with Crippen molar-refractivity contribution in [3.8, 4) is 5.75 Å². The number of nitrogens with zero attached hydrogens (tertiary/aromatic N) is 5. The van der Waals surface area contributed by atoms with Crippen molar-refractivity contribution in [1.29, 1.82) is 0 Å². The lowest BCUT2D eigenvalue weighted by Gasteiger charge is -2.36. The highest BCUT2D eigenvalue weighted by atomic mass is 16.5. The molecule has 0 bridgehead atoms. The largest absolute Gasteiger partial charge is 0.497 e. The van der Waals surface area contributed by atoms with Crippen LogP contribution in [0.15, 0.2) is 29.1 Å². The topological polar surface area (TPSA) is 98.2 Å². The summed E-state index contributed by atoms with van der Waals surface area (Å²) in [6.45, 7) is 5.45. The minimum Gasteiger partial charge on any atom is -0.497 e. The summed E-state index contributed by atoms with van der Waals surface area (Å²) in [7, 11) is 1.62. The van der Waals surface area contributed by atoms with Crippen LogP contribution in [0.1, 0.15) is 50.0 Å². The molecule has 0 saturated carbocycles. The van der Waals surface area contributed by atoms with Crippen LogP contribution in [0.5, 0.6) is 5.75 Å². The molecule has 2 saturated heterocycles. The second-order valence-corrected chi connectivity index (χ2v) is 9.01. The van der Waals surface area contributed by atoms with Gasteiger partial charge in [0.1, 0.15) is 11.8 Å². The molecule has 2 aliphatic heterocycles. The number of methoxy groups -OCH3 is 1. The molecule has 4 heterocycles. The Kier molecular flexibility index (Phi) is 5.93. The van der Waals surface area contributed by atoms with Crippen molar-refractivity contribution in [3.63, 3.8) is 0 Å². The van der Waals surface area contributed by atoms with Crippen LogP contribution < -0.4 is 10.3 Å². The van der Waals surface area contributed by atoms with Crippen LogP contribution in [0.2, 0.25) is 0 Å². The first-order chi connectivity index (χ1) is 15.6. The van der Waals surface area contributed by atoms with E-state index in [0.29, 0.717) is 29.6 Å². The molecule has 2 aromatic heterocycles. The Morgan fingerprint density at radius 3 is 2.97 bits per heavy atom. The summed E-state index contributed by atoms with van der Waals surface area (Å²) < 4.78 is 13.0. The van der Waals surface area contributed by atoms with E-state index in [2.05, 4.69) is 32.3 Å². The van der Waals surface area contributed by atoms with Crippen molar-refractivity contribution in [3.05, 3.63) is 46.0 Å². The summed E-state index contributed by atoms with van der Waals surface area (Å²) in [5.74, 6) is 1.97. The summed E-state index contributed by atoms with van der Waals surface area (Å²) in [6.07, 6.45) is 4.46. The zero-order valence-corrected chi connectivity index (χ0v) is 18.7. The highest BCUT2D eigenvalue weighted by Crippen LogP contribution is 2.31. The number of hydrogen-bond donors (Lipinski definition) is 1. The van der Waals surface area contributed by atoms with Gasteiger partial charge in [-0.1, -0.05) is 6.92 Å². The maximum atomic E-state index is 13.3. The molecule has 0 aliphatic carbocycles. The number of benzene rings is 1. The van der Waals surface area contributed by atoms with Crippen LogP contribution in [0.25, 0.3) is 10.9 Å². The van der Waals surface area contributed by atoms with Crippen LogP contribution >= 0.6 is 0 Å². The van der Waals surface area contributed by atoms with E-state index in [1.807, 2.05) is 28.9 Å². The number of fused-ring (bicyclic) bond motifs is 1. The van der Waals surface area contributed by atoms with E-state index in [-0.39, 0.29) is 17.7 Å². The van der Waals surface area contributed by atoms with E-state index in [1.165, 1.54) is 6.42 Å². The second kappa shape index (κ2) is 8.99. The van der Waals surface area contributed by atoms with Gasteiger partial charge >= 0.3 is 0 Å². The van der Waals surface area contributed by atoms with Gasteiger partial charge in [-0.2, -0.15) is 0 Å². The van der Waals surface area contributed by atoms with E-state index < -0.39 is 0 Å². The van der Waals surface area contributed by atoms with Gasteiger partial charge in [0.05, 0.1) is 25.3 Å². The van der Waals surface area contributed by atoms with Crippen molar-refractivity contribution in [2.75, 3.05) is 26.8 Å². The lowest BCUT2D eigenvalue weighted by Crippen LogP contribution is -2.41. The third-order valence-electron chi connectivity index (χ3n) is 6.63. The number of aromatic amines is 1. The minimum absolute atomic E-state index is 0.112. The highest BCUT2D eigenvalue weighted by molar-refractivity contribution is 5.80. The van der Waals surface area contributed by atoms with Crippen molar-refractivity contribution in [1.82, 2.24) is 30.1 Å². The zero-order valence-electron chi connectivity index (χ0n) is 18.7. The quantitative estimate of drug-likeness (QED) is 0.631. The van der Waals surface area contributed by atoms with E-state index in [4.69, 9.17) is 9.47 Å². The number of nitrogens with one attached hydrogen (secondary N) is 1. The fourth-order valence-electron chi connectivity index (χ4n) is 5.01. The standard InChI is InChI=1S/C23H30N6O3/c1-15-5-3-9-28(13-15)21(22-25-26-27-29(22)14-18-6-4-10-32-18)19-11-16-7-8-17(31-2)12-20(16)24-23(19)30/h7-8,11-12,15,18,21H,3-6,9-10,13-14H2,1-2H3,(H,24,30)/t15-,18+,21-/m1/s1. The van der Waals surface area contributed by atoms with Gasteiger partial charge in [-0.25, -0.2) is 4.68 Å². The van der Waals surface area contributed by atoms with Crippen LogP contribution in [0, 0.1) is 5.92 Å². The molecule has 2 fully saturated rings. The smallest absolute Gasteiger partial charge is 0.253 e. The summed E-state index contributed by atoms with van der Waals surface area (Å²) in [4.78, 5) is 18.7. The Hall–Kier alpha value is -2.78. The van der Waals surface area contributed by atoms with Crippen molar-refractivity contribution < 1.29 is 9.47 Å². The summed E-state index contributed by atoms with van der Waals surface area (Å²) >= 11 is 0. The fraction of sp³-hybridized carbons (Fsp3) is 0.565. The van der Waals surface area contributed by atoms with Gasteiger partial charge in [0.2, 0.25) is 0 Å². The van der Waals surface area contributed by atoms with E-state index in [1.54, 1.807) is 7.11 Å². The molecule has 3 aromatic rings. The molecule has 170 valence electrons. The Morgan fingerprint density at radius 1 is 1.28 bits per heavy atom. The second-order valence-electron chi connectivity index (χ2n) is 9.01. The number of rotatable bonds is 6. The predicted molar refractivity (Wildman–Crippen MR) is 120 cm³/mol. The van der Waals surface area contributed by atoms with Gasteiger partial charge in [0.15, 0.2) is 5.82 Å². The van der Waals surface area contributed by atoms with Gasteiger partial charge in [-0.3, -0.25) is 9.69 Å². The molecule has 0 unspecified atom stereocenters. The number of hydrogen-bond acceptors (Lipinski definition) is 7. The number of H-pyrrole nitrogens is 1. The van der Waals surface area contributed by atoms with E-state index in [9.17, 15) is 4.79 Å². The molecular formula is C23H30N6O3. The first kappa shape index (κ1) is 21.1. The molecule has 0 amide bonds. The molecule has 5 rings (SSSR count). The normalized spacial score (nSPS) is 22.9. The SMILES string of the molecule is COc1ccc2cc([C@H](c3nnnn3C[C@@H]3CCCO3)N3CCC[C@@H](C)C3)c(=O)[nH]c2c1. The maximum absolute atomic E-state index is 13.3. The van der Waals surface area contributed by atoms with Gasteiger partial charge in [0, 0.05) is 24.8 Å². The number of piperidine rings is 1. The molecular weight excluding hydrogens is 408 g/mol.